The van der Waals surface area contributed by atoms with Crippen molar-refractivity contribution in [3.05, 3.63) is 41.3 Å². The molecule has 4 nitrogen and oxygen atoms in total. The number of hydrogen-bond acceptors (Lipinski definition) is 4. The number of anilines is 2. The largest absolute Gasteiger partial charge is 0.382 e. The summed E-state index contributed by atoms with van der Waals surface area (Å²) in [6, 6.07) is 9.22. The third kappa shape index (κ3) is 2.13. The van der Waals surface area contributed by atoms with E-state index in [4.69, 9.17) is 5.73 Å². The van der Waals surface area contributed by atoms with Gasteiger partial charge >= 0.3 is 0 Å². The van der Waals surface area contributed by atoms with Gasteiger partial charge in [-0.3, -0.25) is 4.79 Å². The molecule has 0 radical (unpaired) electrons. The molecule has 15 heavy (non-hydrogen) atoms. The van der Waals surface area contributed by atoms with Crippen molar-refractivity contribution >= 4 is 28.9 Å². The normalized spacial score (nSPS) is 9.87. The van der Waals surface area contributed by atoms with Gasteiger partial charge in [0.1, 0.15) is 5.82 Å². The molecule has 0 aliphatic rings. The number of nitrogen functional groups attached to an aromatic ring is 1. The Morgan fingerprint density at radius 2 is 2.07 bits per heavy atom. The molecule has 2 aromatic rings. The highest BCUT2D eigenvalue weighted by molar-refractivity contribution is 7.04. The van der Waals surface area contributed by atoms with Gasteiger partial charge in [0.05, 0.1) is 5.56 Å². The van der Waals surface area contributed by atoms with Crippen LogP contribution in [0.1, 0.15) is 10.4 Å². The maximum Gasteiger partial charge on any atom is 0.260 e. The van der Waals surface area contributed by atoms with Crippen LogP contribution in [-0.2, 0) is 0 Å². The quantitative estimate of drug-likeness (QED) is 0.811. The summed E-state index contributed by atoms with van der Waals surface area (Å²) in [6.07, 6.45) is 0. The number of nitrogens with one attached hydrogen (secondary N) is 1. The zero-order valence-corrected chi connectivity index (χ0v) is 8.62. The molecule has 1 aromatic heterocycles. The Morgan fingerprint density at radius 1 is 1.33 bits per heavy atom. The van der Waals surface area contributed by atoms with Gasteiger partial charge in [0.2, 0.25) is 0 Å². The molecular weight excluding hydrogens is 210 g/mol. The van der Waals surface area contributed by atoms with Crippen LogP contribution in [0.3, 0.4) is 0 Å². The van der Waals surface area contributed by atoms with Crippen LogP contribution < -0.4 is 11.1 Å². The molecule has 0 saturated heterocycles. The maximum absolute atomic E-state index is 11.7. The number of carbonyl (C=O) groups excluding carboxylic acids is 1. The standard InChI is InChI=1S/C10H9N3OS/c11-9-8(6-15-13-9)10(14)12-7-4-2-1-3-5-7/h1-6H,(H2,11,13)(H,12,14). The monoisotopic (exact) mass is 219 g/mol. The maximum atomic E-state index is 11.7. The third-order valence-corrected chi connectivity index (χ3v) is 2.52. The van der Waals surface area contributed by atoms with Gasteiger partial charge in [-0.25, -0.2) is 0 Å². The first-order valence-corrected chi connectivity index (χ1v) is 5.17. The van der Waals surface area contributed by atoms with Gasteiger partial charge in [-0.15, -0.1) is 0 Å². The Hall–Kier alpha value is -1.88. The molecule has 1 amide bonds. The lowest BCUT2D eigenvalue weighted by atomic mass is 10.3. The molecule has 0 atom stereocenters. The molecule has 0 bridgehead atoms. The van der Waals surface area contributed by atoms with Crippen molar-refractivity contribution in [1.29, 1.82) is 0 Å². The second kappa shape index (κ2) is 4.10. The van der Waals surface area contributed by atoms with E-state index in [1.807, 2.05) is 30.3 Å². The molecule has 0 saturated carbocycles. The predicted molar refractivity (Wildman–Crippen MR) is 60.9 cm³/mol. The van der Waals surface area contributed by atoms with Crippen LogP contribution in [0.2, 0.25) is 0 Å². The summed E-state index contributed by atoms with van der Waals surface area (Å²) in [5.41, 5.74) is 6.70. The second-order valence-corrected chi connectivity index (χ2v) is 3.56. The highest BCUT2D eigenvalue weighted by Crippen LogP contribution is 2.15. The predicted octanol–water partition coefficient (Wildman–Crippen LogP) is 1.98. The number of rotatable bonds is 2. The molecule has 5 heteroatoms. The van der Waals surface area contributed by atoms with Gasteiger partial charge in [-0.05, 0) is 23.7 Å². The van der Waals surface area contributed by atoms with E-state index in [2.05, 4.69) is 9.69 Å². The minimum absolute atomic E-state index is 0.229. The van der Waals surface area contributed by atoms with Crippen LogP contribution in [0.25, 0.3) is 0 Å². The Labute approximate surface area is 90.9 Å². The summed E-state index contributed by atoms with van der Waals surface area (Å²) >= 11 is 1.17. The number of amides is 1. The average molecular weight is 219 g/mol. The summed E-state index contributed by atoms with van der Waals surface area (Å²) < 4.78 is 3.84. The number of aromatic nitrogens is 1. The summed E-state index contributed by atoms with van der Waals surface area (Å²) in [5.74, 6) is 0.0425. The van der Waals surface area contributed by atoms with E-state index in [1.165, 1.54) is 11.5 Å². The Balaban J connectivity index is 2.15. The van der Waals surface area contributed by atoms with E-state index < -0.39 is 0 Å². The van der Waals surface area contributed by atoms with Crippen molar-refractivity contribution in [3.63, 3.8) is 0 Å². The average Bonchev–Trinajstić information content (AvgIpc) is 2.66. The van der Waals surface area contributed by atoms with E-state index in [9.17, 15) is 4.79 Å². The lowest BCUT2D eigenvalue weighted by molar-refractivity contribution is 0.102. The summed E-state index contributed by atoms with van der Waals surface area (Å²) in [6.45, 7) is 0. The Bertz CT molecular complexity index is 467. The Morgan fingerprint density at radius 3 is 2.67 bits per heavy atom. The van der Waals surface area contributed by atoms with Crippen LogP contribution in [0.4, 0.5) is 11.5 Å². The van der Waals surface area contributed by atoms with Crippen LogP contribution in [-0.4, -0.2) is 10.3 Å². The molecule has 2 rings (SSSR count). The van der Waals surface area contributed by atoms with Gasteiger partial charge in [-0.1, -0.05) is 18.2 Å². The zero-order valence-electron chi connectivity index (χ0n) is 7.81. The van der Waals surface area contributed by atoms with Crippen molar-refractivity contribution in [2.45, 2.75) is 0 Å². The highest BCUT2D eigenvalue weighted by Gasteiger charge is 2.11. The van der Waals surface area contributed by atoms with Gasteiger partial charge in [0, 0.05) is 11.1 Å². The lowest BCUT2D eigenvalue weighted by Crippen LogP contribution is -2.12. The summed E-state index contributed by atoms with van der Waals surface area (Å²) in [7, 11) is 0. The minimum Gasteiger partial charge on any atom is -0.382 e. The van der Waals surface area contributed by atoms with Crippen LogP contribution in [0.5, 0.6) is 0 Å². The van der Waals surface area contributed by atoms with E-state index in [1.54, 1.807) is 5.38 Å². The molecule has 1 aromatic carbocycles. The van der Waals surface area contributed by atoms with E-state index in [0.29, 0.717) is 5.56 Å². The molecular formula is C10H9N3OS. The molecule has 1 heterocycles. The van der Waals surface area contributed by atoms with Crippen molar-refractivity contribution in [2.75, 3.05) is 11.1 Å². The molecule has 0 aliphatic heterocycles. The topological polar surface area (TPSA) is 68.0 Å². The number of para-hydroxylation sites is 1. The molecule has 0 spiro atoms. The first kappa shape index (κ1) is 9.67. The number of nitrogens with zero attached hydrogens (tertiary/aromatic N) is 1. The van der Waals surface area contributed by atoms with Gasteiger partial charge in [-0.2, -0.15) is 4.37 Å². The smallest absolute Gasteiger partial charge is 0.260 e. The first-order chi connectivity index (χ1) is 7.27. The fourth-order valence-electron chi connectivity index (χ4n) is 1.14. The van der Waals surface area contributed by atoms with Gasteiger partial charge in [0.25, 0.3) is 5.91 Å². The zero-order chi connectivity index (χ0) is 10.7. The van der Waals surface area contributed by atoms with Gasteiger partial charge < -0.3 is 11.1 Å². The minimum atomic E-state index is -0.229. The molecule has 0 unspecified atom stereocenters. The van der Waals surface area contributed by atoms with E-state index >= 15 is 0 Å². The van der Waals surface area contributed by atoms with Crippen LogP contribution in [0.15, 0.2) is 35.7 Å². The number of hydrogen-bond donors (Lipinski definition) is 2. The number of benzene rings is 1. The fraction of sp³-hybridized carbons (Fsp3) is 0. The Kier molecular flexibility index (Phi) is 2.64. The molecule has 76 valence electrons. The molecule has 0 fully saturated rings. The SMILES string of the molecule is Nc1nscc1C(=O)Nc1ccccc1. The third-order valence-electron chi connectivity index (χ3n) is 1.87. The summed E-state index contributed by atoms with van der Waals surface area (Å²) in [5, 5.41) is 4.37. The van der Waals surface area contributed by atoms with Crippen molar-refractivity contribution in [2.24, 2.45) is 0 Å². The number of nitrogens with two attached hydrogens (primary N) is 1. The van der Waals surface area contributed by atoms with Crippen molar-refractivity contribution in [1.82, 2.24) is 4.37 Å². The van der Waals surface area contributed by atoms with Gasteiger partial charge in [0.15, 0.2) is 0 Å². The molecule has 3 N–H and O–H groups in total. The van der Waals surface area contributed by atoms with Crippen molar-refractivity contribution < 1.29 is 4.79 Å². The van der Waals surface area contributed by atoms with Crippen molar-refractivity contribution in [3.8, 4) is 0 Å². The summed E-state index contributed by atoms with van der Waals surface area (Å²) in [4.78, 5) is 11.7. The number of carbonyl (C=O) groups is 1. The second-order valence-electron chi connectivity index (χ2n) is 2.93. The van der Waals surface area contributed by atoms with E-state index in [-0.39, 0.29) is 11.7 Å². The lowest BCUT2D eigenvalue weighted by Gasteiger charge is -2.02. The van der Waals surface area contributed by atoms with Crippen LogP contribution >= 0.6 is 11.5 Å². The van der Waals surface area contributed by atoms with Crippen LogP contribution in [0, 0.1) is 0 Å². The first-order valence-electron chi connectivity index (χ1n) is 4.33. The van der Waals surface area contributed by atoms with E-state index in [0.717, 1.165) is 5.69 Å². The fourth-order valence-corrected chi connectivity index (χ4v) is 1.73. The highest BCUT2D eigenvalue weighted by atomic mass is 32.1. The molecule has 0 aliphatic carbocycles.